The second-order valence-electron chi connectivity index (χ2n) is 4.42. The molecule has 2 rings (SSSR count). The van der Waals surface area contributed by atoms with Crippen LogP contribution in [0.1, 0.15) is 31.2 Å². The van der Waals surface area contributed by atoms with E-state index >= 15 is 0 Å². The fourth-order valence-electron chi connectivity index (χ4n) is 2.57. The van der Waals surface area contributed by atoms with Gasteiger partial charge in [-0.2, -0.15) is 0 Å². The highest BCUT2D eigenvalue weighted by atomic mass is 35.5. The van der Waals surface area contributed by atoms with Gasteiger partial charge in [-0.3, -0.25) is 0 Å². The van der Waals surface area contributed by atoms with Gasteiger partial charge in [0.2, 0.25) is 0 Å². The molecule has 0 saturated heterocycles. The zero-order valence-electron chi connectivity index (χ0n) is 9.50. The van der Waals surface area contributed by atoms with Crippen LogP contribution in [0.3, 0.4) is 0 Å². The minimum absolute atomic E-state index is 0. The van der Waals surface area contributed by atoms with E-state index in [1.54, 1.807) is 24.3 Å². The summed E-state index contributed by atoms with van der Waals surface area (Å²) in [7, 11) is 0. The number of hydrogen-bond donors (Lipinski definition) is 2. The third-order valence-electron chi connectivity index (χ3n) is 3.49. The zero-order chi connectivity index (χ0) is 11.6. The standard InChI is InChI=1S/C13H16O3.ClH/c14-12(15)13(16,11-8-4-5-9-11)10-6-2-1-3-7-10;/h1-3,6-7,11,16H,4-5,8-9H2,(H,14,15);1H. The molecule has 1 aliphatic carbocycles. The molecular weight excluding hydrogens is 240 g/mol. The Bertz CT molecular complexity index is 374. The molecule has 0 radical (unpaired) electrons. The number of hydrogen-bond acceptors (Lipinski definition) is 2. The van der Waals surface area contributed by atoms with Crippen molar-refractivity contribution >= 4 is 18.4 Å². The lowest BCUT2D eigenvalue weighted by atomic mass is 9.80. The monoisotopic (exact) mass is 256 g/mol. The smallest absolute Gasteiger partial charge is 0.340 e. The maximum absolute atomic E-state index is 11.4. The van der Waals surface area contributed by atoms with Crippen LogP contribution in [0, 0.1) is 5.92 Å². The molecule has 4 heteroatoms. The highest BCUT2D eigenvalue weighted by molar-refractivity contribution is 5.85. The number of halogens is 1. The van der Waals surface area contributed by atoms with Gasteiger partial charge in [0.15, 0.2) is 5.60 Å². The summed E-state index contributed by atoms with van der Waals surface area (Å²) in [6.07, 6.45) is 3.59. The van der Waals surface area contributed by atoms with E-state index in [0.717, 1.165) is 25.7 Å². The molecule has 0 amide bonds. The molecule has 0 spiro atoms. The SMILES string of the molecule is Cl.O=C(O)C(O)(c1ccccc1)C1CCCC1. The normalized spacial score (nSPS) is 19.4. The predicted molar refractivity (Wildman–Crippen MR) is 67.2 cm³/mol. The number of benzene rings is 1. The molecule has 94 valence electrons. The Balaban J connectivity index is 0.00000144. The van der Waals surface area contributed by atoms with Crippen LogP contribution in [0.2, 0.25) is 0 Å². The van der Waals surface area contributed by atoms with Crippen LogP contribution in [0.4, 0.5) is 0 Å². The molecule has 0 heterocycles. The van der Waals surface area contributed by atoms with Crippen LogP contribution in [0.15, 0.2) is 30.3 Å². The van der Waals surface area contributed by atoms with Gasteiger partial charge in [0, 0.05) is 5.92 Å². The molecule has 0 bridgehead atoms. The highest BCUT2D eigenvalue weighted by Crippen LogP contribution is 2.40. The summed E-state index contributed by atoms with van der Waals surface area (Å²) in [4.78, 5) is 11.4. The highest BCUT2D eigenvalue weighted by Gasteiger charge is 2.46. The van der Waals surface area contributed by atoms with Gasteiger partial charge in [0.25, 0.3) is 0 Å². The van der Waals surface area contributed by atoms with E-state index in [0.29, 0.717) is 5.56 Å². The minimum Gasteiger partial charge on any atom is -0.479 e. The second kappa shape index (κ2) is 5.52. The van der Waals surface area contributed by atoms with E-state index in [9.17, 15) is 15.0 Å². The number of rotatable bonds is 3. The second-order valence-corrected chi connectivity index (χ2v) is 4.42. The van der Waals surface area contributed by atoms with Crippen molar-refractivity contribution in [3.05, 3.63) is 35.9 Å². The Morgan fingerprint density at radius 3 is 2.18 bits per heavy atom. The van der Waals surface area contributed by atoms with Gasteiger partial charge in [-0.05, 0) is 18.4 Å². The molecule has 1 saturated carbocycles. The summed E-state index contributed by atoms with van der Waals surface area (Å²) in [5.74, 6) is -1.29. The van der Waals surface area contributed by atoms with Crippen molar-refractivity contribution in [2.24, 2.45) is 5.92 Å². The fraction of sp³-hybridized carbons (Fsp3) is 0.462. The Hall–Kier alpha value is -1.06. The first-order valence-corrected chi connectivity index (χ1v) is 5.67. The van der Waals surface area contributed by atoms with Crippen molar-refractivity contribution < 1.29 is 15.0 Å². The van der Waals surface area contributed by atoms with E-state index in [-0.39, 0.29) is 18.3 Å². The van der Waals surface area contributed by atoms with Crippen LogP contribution in [-0.4, -0.2) is 16.2 Å². The minimum atomic E-state index is -1.71. The predicted octanol–water partition coefficient (Wildman–Crippen LogP) is 2.57. The van der Waals surface area contributed by atoms with Crippen LogP contribution >= 0.6 is 12.4 Å². The first-order chi connectivity index (χ1) is 7.65. The third-order valence-corrected chi connectivity index (χ3v) is 3.49. The maximum atomic E-state index is 11.4. The molecule has 1 aliphatic rings. The average Bonchev–Trinajstić information content (AvgIpc) is 2.82. The Labute approximate surface area is 107 Å². The molecule has 0 aliphatic heterocycles. The van der Waals surface area contributed by atoms with E-state index in [1.165, 1.54) is 0 Å². The number of carboxylic acid groups (broad SMARTS) is 1. The van der Waals surface area contributed by atoms with Crippen LogP contribution in [0.25, 0.3) is 0 Å². The summed E-state index contributed by atoms with van der Waals surface area (Å²) in [5.41, 5.74) is -1.22. The van der Waals surface area contributed by atoms with Crippen molar-refractivity contribution in [1.82, 2.24) is 0 Å². The van der Waals surface area contributed by atoms with Crippen LogP contribution < -0.4 is 0 Å². The Morgan fingerprint density at radius 2 is 1.71 bits per heavy atom. The first-order valence-electron chi connectivity index (χ1n) is 5.67. The topological polar surface area (TPSA) is 57.5 Å². The molecule has 2 N–H and O–H groups in total. The van der Waals surface area contributed by atoms with Crippen molar-refractivity contribution in [2.75, 3.05) is 0 Å². The summed E-state index contributed by atoms with van der Waals surface area (Å²) in [6, 6.07) is 8.72. The van der Waals surface area contributed by atoms with Gasteiger partial charge in [0.05, 0.1) is 0 Å². The molecule has 17 heavy (non-hydrogen) atoms. The fourth-order valence-corrected chi connectivity index (χ4v) is 2.57. The summed E-state index contributed by atoms with van der Waals surface area (Å²) >= 11 is 0. The molecule has 1 atom stereocenters. The lowest BCUT2D eigenvalue weighted by Crippen LogP contribution is -2.42. The summed E-state index contributed by atoms with van der Waals surface area (Å²) in [5, 5.41) is 19.8. The number of aliphatic hydroxyl groups is 1. The average molecular weight is 257 g/mol. The zero-order valence-corrected chi connectivity index (χ0v) is 10.3. The number of carboxylic acids is 1. The van der Waals surface area contributed by atoms with Gasteiger partial charge in [-0.15, -0.1) is 12.4 Å². The molecule has 1 fully saturated rings. The lowest BCUT2D eigenvalue weighted by Gasteiger charge is -2.30. The quantitative estimate of drug-likeness (QED) is 0.874. The molecule has 1 aromatic rings. The van der Waals surface area contributed by atoms with Crippen molar-refractivity contribution in [3.8, 4) is 0 Å². The van der Waals surface area contributed by atoms with Crippen molar-refractivity contribution in [3.63, 3.8) is 0 Å². The molecule has 1 aromatic carbocycles. The first kappa shape index (κ1) is 14.0. The summed E-state index contributed by atoms with van der Waals surface area (Å²) in [6.45, 7) is 0. The van der Waals surface area contributed by atoms with Gasteiger partial charge < -0.3 is 10.2 Å². The molecular formula is C13H17ClO3. The van der Waals surface area contributed by atoms with E-state index in [1.807, 2.05) is 6.07 Å². The molecule has 0 aromatic heterocycles. The van der Waals surface area contributed by atoms with Crippen molar-refractivity contribution in [2.45, 2.75) is 31.3 Å². The van der Waals surface area contributed by atoms with Gasteiger partial charge in [-0.1, -0.05) is 43.2 Å². The number of aliphatic carboxylic acids is 1. The summed E-state index contributed by atoms with van der Waals surface area (Å²) < 4.78 is 0. The third kappa shape index (κ3) is 2.45. The Morgan fingerprint density at radius 1 is 1.18 bits per heavy atom. The van der Waals surface area contributed by atoms with Gasteiger partial charge in [-0.25, -0.2) is 4.79 Å². The van der Waals surface area contributed by atoms with E-state index < -0.39 is 11.6 Å². The van der Waals surface area contributed by atoms with E-state index in [2.05, 4.69) is 0 Å². The largest absolute Gasteiger partial charge is 0.479 e. The van der Waals surface area contributed by atoms with Crippen molar-refractivity contribution in [1.29, 1.82) is 0 Å². The van der Waals surface area contributed by atoms with Gasteiger partial charge in [0.1, 0.15) is 0 Å². The van der Waals surface area contributed by atoms with Crippen LogP contribution in [-0.2, 0) is 10.4 Å². The number of carbonyl (C=O) groups is 1. The maximum Gasteiger partial charge on any atom is 0.340 e. The van der Waals surface area contributed by atoms with E-state index in [4.69, 9.17) is 0 Å². The van der Waals surface area contributed by atoms with Gasteiger partial charge >= 0.3 is 5.97 Å². The Kier molecular flexibility index (Phi) is 4.54. The molecule has 1 unspecified atom stereocenters. The lowest BCUT2D eigenvalue weighted by molar-refractivity contribution is -0.166. The van der Waals surface area contributed by atoms with Crippen LogP contribution in [0.5, 0.6) is 0 Å². The molecule has 3 nitrogen and oxygen atoms in total.